The molecule has 0 spiro atoms. The number of carbonyl (C=O) groups is 1. The quantitative estimate of drug-likeness (QED) is 0.128. The van der Waals surface area contributed by atoms with E-state index in [9.17, 15) is 4.79 Å². The van der Waals surface area contributed by atoms with E-state index >= 15 is 0 Å². The summed E-state index contributed by atoms with van der Waals surface area (Å²) >= 11 is 1.32. The molecule has 1 fully saturated rings. The average molecular weight is 530 g/mol. The van der Waals surface area contributed by atoms with E-state index in [-0.39, 0.29) is 0 Å². The summed E-state index contributed by atoms with van der Waals surface area (Å²) < 4.78 is 10.9. The Morgan fingerprint density at radius 1 is 0.974 bits per heavy atom. The van der Waals surface area contributed by atoms with Crippen LogP contribution in [0.15, 0.2) is 71.1 Å². The number of rotatable bonds is 9. The van der Waals surface area contributed by atoms with Gasteiger partial charge in [-0.3, -0.25) is 0 Å². The van der Waals surface area contributed by atoms with E-state index in [0.717, 1.165) is 37.2 Å². The number of hydrazone groups is 1. The van der Waals surface area contributed by atoms with Crippen molar-refractivity contribution in [3.8, 4) is 11.5 Å². The zero-order valence-corrected chi connectivity index (χ0v) is 21.6. The lowest BCUT2D eigenvalue weighted by molar-refractivity contribution is 0.0735. The van der Waals surface area contributed by atoms with Crippen molar-refractivity contribution in [3.05, 3.63) is 76.5 Å². The minimum Gasteiger partial charge on any atom is -0.493 e. The molecular weight excluding hydrogens is 502 g/mol. The fraction of sp³-hybridized carbons (Fsp3) is 0.222. The van der Waals surface area contributed by atoms with Gasteiger partial charge in [0.25, 0.3) is 0 Å². The summed E-state index contributed by atoms with van der Waals surface area (Å²) in [7, 11) is 1.52. The molecule has 0 atom stereocenters. The molecule has 2 aromatic heterocycles. The first-order valence-electron chi connectivity index (χ1n) is 12.2. The number of hydrogen-bond donors (Lipinski definition) is 2. The largest absolute Gasteiger partial charge is 0.493 e. The van der Waals surface area contributed by atoms with Crippen LogP contribution >= 0.6 is 11.3 Å². The van der Waals surface area contributed by atoms with Crippen LogP contribution in [0.4, 0.5) is 23.5 Å². The highest BCUT2D eigenvalue weighted by Gasteiger charge is 2.17. The summed E-state index contributed by atoms with van der Waals surface area (Å²) in [6, 6.07) is 18.4. The number of esters is 1. The molecule has 1 aliphatic rings. The predicted octanol–water partition coefficient (Wildman–Crippen LogP) is 5.34. The molecule has 2 N–H and O–H groups in total. The fourth-order valence-corrected chi connectivity index (χ4v) is 4.51. The Hall–Kier alpha value is -4.51. The van der Waals surface area contributed by atoms with Crippen LogP contribution in [0.25, 0.3) is 0 Å². The third-order valence-electron chi connectivity index (χ3n) is 5.78. The van der Waals surface area contributed by atoms with Crippen molar-refractivity contribution in [2.45, 2.75) is 19.3 Å². The molecule has 0 saturated carbocycles. The van der Waals surface area contributed by atoms with Crippen molar-refractivity contribution in [1.82, 2.24) is 15.0 Å². The van der Waals surface area contributed by atoms with Crippen LogP contribution in [0.3, 0.4) is 0 Å². The van der Waals surface area contributed by atoms with Gasteiger partial charge < -0.3 is 19.7 Å². The summed E-state index contributed by atoms with van der Waals surface area (Å²) in [6.45, 7) is 1.81. The zero-order valence-electron chi connectivity index (χ0n) is 20.8. The van der Waals surface area contributed by atoms with Crippen LogP contribution in [-0.4, -0.2) is 47.3 Å². The smallest absolute Gasteiger partial charge is 0.353 e. The van der Waals surface area contributed by atoms with Crippen molar-refractivity contribution >= 4 is 47.1 Å². The summed E-state index contributed by atoms with van der Waals surface area (Å²) in [5.74, 6) is 1.68. The molecule has 3 heterocycles. The van der Waals surface area contributed by atoms with Gasteiger partial charge in [-0.1, -0.05) is 24.3 Å². The van der Waals surface area contributed by atoms with E-state index < -0.39 is 5.97 Å². The maximum atomic E-state index is 12.3. The predicted molar refractivity (Wildman–Crippen MR) is 149 cm³/mol. The Labute approximate surface area is 224 Å². The van der Waals surface area contributed by atoms with E-state index in [0.29, 0.717) is 34.2 Å². The molecule has 10 nitrogen and oxygen atoms in total. The Morgan fingerprint density at radius 3 is 2.55 bits per heavy atom. The fourth-order valence-electron chi connectivity index (χ4n) is 3.91. The van der Waals surface area contributed by atoms with Crippen LogP contribution < -0.4 is 25.1 Å². The first-order valence-corrected chi connectivity index (χ1v) is 13.1. The van der Waals surface area contributed by atoms with Crippen molar-refractivity contribution in [3.63, 3.8) is 0 Å². The van der Waals surface area contributed by atoms with Gasteiger partial charge in [0, 0.05) is 18.8 Å². The first-order chi connectivity index (χ1) is 18.7. The molecular formula is C27H27N7O3S. The maximum Gasteiger partial charge on any atom is 0.353 e. The molecule has 1 aliphatic heterocycles. The number of anilines is 4. The average Bonchev–Trinajstić information content (AvgIpc) is 3.50. The minimum absolute atomic E-state index is 0.323. The van der Waals surface area contributed by atoms with Crippen molar-refractivity contribution in [2.75, 3.05) is 35.8 Å². The second kappa shape index (κ2) is 12.2. The van der Waals surface area contributed by atoms with Gasteiger partial charge in [0.05, 0.1) is 13.3 Å². The monoisotopic (exact) mass is 529 g/mol. The highest BCUT2D eigenvalue weighted by atomic mass is 32.1. The number of methoxy groups -OCH3 is 1. The number of thiophene rings is 1. The number of ether oxygens (including phenoxy) is 2. The number of nitrogens with zero attached hydrogens (tertiary/aromatic N) is 5. The van der Waals surface area contributed by atoms with E-state index in [1.165, 1.54) is 24.9 Å². The van der Waals surface area contributed by atoms with Crippen LogP contribution in [0.5, 0.6) is 11.5 Å². The lowest BCUT2D eigenvalue weighted by Crippen LogP contribution is -2.31. The molecule has 194 valence electrons. The van der Waals surface area contributed by atoms with Gasteiger partial charge >= 0.3 is 5.97 Å². The van der Waals surface area contributed by atoms with Crippen molar-refractivity contribution < 1.29 is 14.3 Å². The molecule has 4 aromatic rings. The molecule has 0 bridgehead atoms. The minimum atomic E-state index is -0.430. The summed E-state index contributed by atoms with van der Waals surface area (Å²) in [5.41, 5.74) is 4.53. The summed E-state index contributed by atoms with van der Waals surface area (Å²) in [4.78, 5) is 28.7. The van der Waals surface area contributed by atoms with Gasteiger partial charge in [0.2, 0.25) is 17.8 Å². The normalized spacial score (nSPS) is 13.3. The SMILES string of the molecule is COc1cc(/C=N/Nc2nc(Nc3ccccc3)nc(N3CCCCC3)n2)ccc1OC(=O)c1cccs1. The highest BCUT2D eigenvalue weighted by Crippen LogP contribution is 2.29. The molecule has 11 heteroatoms. The third-order valence-corrected chi connectivity index (χ3v) is 6.63. The molecule has 0 unspecified atom stereocenters. The number of carbonyl (C=O) groups excluding carboxylic acids is 1. The van der Waals surface area contributed by atoms with Crippen LogP contribution in [-0.2, 0) is 0 Å². The van der Waals surface area contributed by atoms with Gasteiger partial charge in [0.15, 0.2) is 11.5 Å². The number of piperidine rings is 1. The zero-order chi connectivity index (χ0) is 26.2. The molecule has 2 aromatic carbocycles. The number of benzene rings is 2. The Bertz CT molecular complexity index is 1390. The van der Waals surface area contributed by atoms with Crippen LogP contribution in [0, 0.1) is 0 Å². The molecule has 5 rings (SSSR count). The van der Waals surface area contributed by atoms with Crippen LogP contribution in [0.1, 0.15) is 34.5 Å². The number of hydrogen-bond acceptors (Lipinski definition) is 11. The number of aromatic nitrogens is 3. The van der Waals surface area contributed by atoms with Gasteiger partial charge in [0.1, 0.15) is 4.88 Å². The molecule has 1 saturated heterocycles. The maximum absolute atomic E-state index is 12.3. The van der Waals surface area contributed by atoms with Crippen molar-refractivity contribution in [2.24, 2.45) is 5.10 Å². The molecule has 0 radical (unpaired) electrons. The Morgan fingerprint density at radius 2 is 1.79 bits per heavy atom. The topological polar surface area (TPSA) is 114 Å². The second-order valence-electron chi connectivity index (χ2n) is 8.47. The standard InChI is InChI=1S/C27H27N7O3S/c1-36-22-17-19(12-13-21(22)37-24(35)23-11-8-16-38-23)18-28-33-26-30-25(29-20-9-4-2-5-10-20)31-27(32-26)34-14-6-3-7-15-34/h2,4-5,8-13,16-18H,3,6-7,14-15H2,1H3,(H2,29,30,31,32,33)/b28-18+. The van der Waals surface area contributed by atoms with Gasteiger partial charge in [-0.15, -0.1) is 11.3 Å². The van der Waals surface area contributed by atoms with E-state index in [1.54, 1.807) is 36.5 Å². The van der Waals surface area contributed by atoms with Gasteiger partial charge in [-0.25, -0.2) is 10.2 Å². The van der Waals surface area contributed by atoms with E-state index in [1.807, 2.05) is 35.7 Å². The summed E-state index contributed by atoms with van der Waals surface area (Å²) in [5, 5.41) is 9.38. The molecule has 38 heavy (non-hydrogen) atoms. The third kappa shape index (κ3) is 6.43. The lowest BCUT2D eigenvalue weighted by atomic mass is 10.1. The highest BCUT2D eigenvalue weighted by molar-refractivity contribution is 7.12. The first kappa shape index (κ1) is 25.2. The second-order valence-corrected chi connectivity index (χ2v) is 9.42. The van der Waals surface area contributed by atoms with Crippen LogP contribution in [0.2, 0.25) is 0 Å². The van der Waals surface area contributed by atoms with E-state index in [4.69, 9.17) is 9.47 Å². The number of nitrogens with one attached hydrogen (secondary N) is 2. The Kier molecular flexibility index (Phi) is 8.04. The van der Waals surface area contributed by atoms with Crippen molar-refractivity contribution in [1.29, 1.82) is 0 Å². The molecule has 0 aliphatic carbocycles. The molecule has 0 amide bonds. The van der Waals surface area contributed by atoms with Gasteiger partial charge in [-0.05, 0) is 66.6 Å². The lowest BCUT2D eigenvalue weighted by Gasteiger charge is -2.26. The summed E-state index contributed by atoms with van der Waals surface area (Å²) in [6.07, 6.45) is 5.03. The van der Waals surface area contributed by atoms with E-state index in [2.05, 4.69) is 35.7 Å². The van der Waals surface area contributed by atoms with Gasteiger partial charge in [-0.2, -0.15) is 20.1 Å². The Balaban J connectivity index is 1.31. The number of para-hydroxylation sites is 1.